The Morgan fingerprint density at radius 2 is 2.20 bits per heavy atom. The molecule has 1 N–H and O–H groups in total. The topological polar surface area (TPSA) is 42.0 Å². The zero-order valence-electron chi connectivity index (χ0n) is 11.8. The van der Waals surface area contributed by atoms with Crippen molar-refractivity contribution in [3.63, 3.8) is 0 Å². The summed E-state index contributed by atoms with van der Waals surface area (Å²) in [6.45, 7) is 0.837. The van der Waals surface area contributed by atoms with Crippen molar-refractivity contribution in [1.82, 2.24) is 10.3 Å². The van der Waals surface area contributed by atoms with Crippen molar-refractivity contribution in [2.75, 3.05) is 6.54 Å². The molecule has 0 aromatic carbocycles. The molecule has 3 aliphatic rings. The molecule has 0 aliphatic heterocycles. The van der Waals surface area contributed by atoms with E-state index in [-0.39, 0.29) is 5.91 Å². The summed E-state index contributed by atoms with van der Waals surface area (Å²) in [4.78, 5) is 17.3. The van der Waals surface area contributed by atoms with E-state index < -0.39 is 0 Å². The van der Waals surface area contributed by atoms with Gasteiger partial charge in [0.15, 0.2) is 0 Å². The van der Waals surface area contributed by atoms with E-state index >= 15 is 0 Å². The summed E-state index contributed by atoms with van der Waals surface area (Å²) in [5.74, 6) is 3.57. The zero-order chi connectivity index (χ0) is 13.5. The molecule has 20 heavy (non-hydrogen) atoms. The number of hydrogen-bond donors (Lipinski definition) is 1. The van der Waals surface area contributed by atoms with Crippen LogP contribution in [0.2, 0.25) is 0 Å². The van der Waals surface area contributed by atoms with Gasteiger partial charge in [-0.05, 0) is 56.3 Å². The van der Waals surface area contributed by atoms with Crippen molar-refractivity contribution < 1.29 is 4.79 Å². The predicted octanol–water partition coefficient (Wildman–Crippen LogP) is 3.58. The lowest BCUT2D eigenvalue weighted by atomic mass is 9.86. The number of carbonyl (C=O) groups excluding carboxylic acids is 1. The number of thiazole rings is 1. The average molecular weight is 290 g/mol. The highest BCUT2D eigenvalue weighted by atomic mass is 32.1. The molecular formula is C16H22N2OS. The number of amides is 1. The minimum atomic E-state index is 0.0811. The molecule has 1 aromatic rings. The van der Waals surface area contributed by atoms with Crippen molar-refractivity contribution in [3.8, 4) is 0 Å². The van der Waals surface area contributed by atoms with Gasteiger partial charge in [-0.15, -0.1) is 11.3 Å². The van der Waals surface area contributed by atoms with Crippen molar-refractivity contribution in [1.29, 1.82) is 0 Å². The predicted molar refractivity (Wildman–Crippen MR) is 80.0 cm³/mol. The third kappa shape index (κ3) is 2.50. The fraction of sp³-hybridized carbons (Fsp3) is 0.750. The molecular weight excluding hydrogens is 268 g/mol. The Balaban J connectivity index is 1.25. The van der Waals surface area contributed by atoms with E-state index in [2.05, 4.69) is 10.3 Å². The molecule has 1 amide bonds. The van der Waals surface area contributed by atoms with Crippen molar-refractivity contribution in [2.24, 2.45) is 17.8 Å². The summed E-state index contributed by atoms with van der Waals surface area (Å²) in [7, 11) is 0. The first kappa shape index (κ1) is 12.8. The van der Waals surface area contributed by atoms with E-state index in [4.69, 9.17) is 0 Å². The van der Waals surface area contributed by atoms with Gasteiger partial charge in [0.1, 0.15) is 4.88 Å². The van der Waals surface area contributed by atoms with Gasteiger partial charge >= 0.3 is 0 Å². The first-order valence-corrected chi connectivity index (χ1v) is 8.85. The largest absolute Gasteiger partial charge is 0.351 e. The first-order valence-electron chi connectivity index (χ1n) is 8.03. The van der Waals surface area contributed by atoms with Gasteiger partial charge in [0.2, 0.25) is 0 Å². The van der Waals surface area contributed by atoms with Gasteiger partial charge < -0.3 is 5.32 Å². The molecule has 4 rings (SSSR count). The summed E-state index contributed by atoms with van der Waals surface area (Å²) in [5.41, 5.74) is 0. The minimum Gasteiger partial charge on any atom is -0.351 e. The molecule has 3 unspecified atom stereocenters. The van der Waals surface area contributed by atoms with E-state index in [1.165, 1.54) is 44.9 Å². The van der Waals surface area contributed by atoms with Gasteiger partial charge in [0.05, 0.1) is 11.2 Å². The molecule has 4 heteroatoms. The Hall–Kier alpha value is -0.900. The molecule has 3 saturated carbocycles. The Labute approximate surface area is 124 Å². The standard InChI is InChI=1S/C16H22N2OS/c19-15(14-9-18-16(20-14)11-3-4-11)17-6-5-13-8-10-1-2-12(13)7-10/h9-13H,1-8H2,(H,17,19). The van der Waals surface area contributed by atoms with Gasteiger partial charge in [-0.1, -0.05) is 6.42 Å². The number of aromatic nitrogens is 1. The van der Waals surface area contributed by atoms with Gasteiger partial charge in [-0.25, -0.2) is 4.98 Å². The van der Waals surface area contributed by atoms with Crippen molar-refractivity contribution >= 4 is 17.2 Å². The van der Waals surface area contributed by atoms with Crippen LogP contribution in [0.1, 0.15) is 65.5 Å². The van der Waals surface area contributed by atoms with E-state index in [0.717, 1.165) is 34.2 Å². The highest BCUT2D eigenvalue weighted by molar-refractivity contribution is 7.13. The number of carbonyl (C=O) groups is 1. The van der Waals surface area contributed by atoms with Crippen LogP contribution in [0.25, 0.3) is 0 Å². The molecule has 2 bridgehead atoms. The fourth-order valence-corrected chi connectivity index (χ4v) is 5.10. The number of hydrogen-bond acceptors (Lipinski definition) is 3. The molecule has 3 nitrogen and oxygen atoms in total. The summed E-state index contributed by atoms with van der Waals surface area (Å²) in [5, 5.41) is 4.25. The number of nitrogens with zero attached hydrogens (tertiary/aromatic N) is 1. The maximum absolute atomic E-state index is 12.1. The SMILES string of the molecule is O=C(NCCC1CC2CCC1C2)c1cnc(C2CC2)s1. The van der Waals surface area contributed by atoms with E-state index in [1.807, 2.05) is 0 Å². The Morgan fingerprint density at radius 3 is 2.90 bits per heavy atom. The van der Waals surface area contributed by atoms with Crippen LogP contribution in [-0.4, -0.2) is 17.4 Å². The molecule has 0 saturated heterocycles. The number of nitrogens with one attached hydrogen (secondary N) is 1. The molecule has 108 valence electrons. The molecule has 3 aliphatic carbocycles. The maximum atomic E-state index is 12.1. The zero-order valence-corrected chi connectivity index (χ0v) is 12.6. The smallest absolute Gasteiger partial charge is 0.263 e. The Kier molecular flexibility index (Phi) is 3.29. The van der Waals surface area contributed by atoms with Crippen LogP contribution < -0.4 is 5.32 Å². The third-order valence-electron chi connectivity index (χ3n) is 5.36. The van der Waals surface area contributed by atoms with Gasteiger partial charge in [-0.3, -0.25) is 4.79 Å². The second-order valence-corrected chi connectivity index (χ2v) is 7.88. The van der Waals surface area contributed by atoms with Crippen LogP contribution in [0, 0.1) is 17.8 Å². The second kappa shape index (κ2) is 5.14. The Bertz CT molecular complexity index is 508. The summed E-state index contributed by atoms with van der Waals surface area (Å²) in [6.07, 6.45) is 11.2. The van der Waals surface area contributed by atoms with Crippen LogP contribution in [0.5, 0.6) is 0 Å². The fourth-order valence-electron chi connectivity index (χ4n) is 4.10. The van der Waals surface area contributed by atoms with Gasteiger partial charge in [0.25, 0.3) is 5.91 Å². The minimum absolute atomic E-state index is 0.0811. The van der Waals surface area contributed by atoms with Crippen molar-refractivity contribution in [3.05, 3.63) is 16.1 Å². The quantitative estimate of drug-likeness (QED) is 0.900. The van der Waals surface area contributed by atoms with Crippen LogP contribution in [-0.2, 0) is 0 Å². The third-order valence-corrected chi connectivity index (χ3v) is 6.52. The van der Waals surface area contributed by atoms with E-state index in [1.54, 1.807) is 17.5 Å². The Morgan fingerprint density at radius 1 is 1.30 bits per heavy atom. The molecule has 1 aromatic heterocycles. The summed E-state index contributed by atoms with van der Waals surface area (Å²) >= 11 is 1.58. The highest BCUT2D eigenvalue weighted by Gasteiger charge is 2.38. The molecule has 0 radical (unpaired) electrons. The van der Waals surface area contributed by atoms with Gasteiger partial charge in [0, 0.05) is 12.5 Å². The molecule has 3 atom stereocenters. The van der Waals surface area contributed by atoms with Crippen molar-refractivity contribution in [2.45, 2.75) is 50.9 Å². The van der Waals surface area contributed by atoms with E-state index in [9.17, 15) is 4.79 Å². The number of fused-ring (bicyclic) bond motifs is 2. The molecule has 0 spiro atoms. The lowest BCUT2D eigenvalue weighted by Crippen LogP contribution is -2.26. The first-order chi connectivity index (χ1) is 9.79. The summed E-state index contributed by atoms with van der Waals surface area (Å²) in [6, 6.07) is 0. The second-order valence-electron chi connectivity index (χ2n) is 6.82. The summed E-state index contributed by atoms with van der Waals surface area (Å²) < 4.78 is 0. The normalized spacial score (nSPS) is 31.7. The van der Waals surface area contributed by atoms with Crippen LogP contribution >= 0.6 is 11.3 Å². The molecule has 3 fully saturated rings. The highest BCUT2D eigenvalue weighted by Crippen LogP contribution is 2.49. The lowest BCUT2D eigenvalue weighted by Gasteiger charge is -2.21. The average Bonchev–Trinajstić information content (AvgIpc) is 2.91. The van der Waals surface area contributed by atoms with Crippen LogP contribution in [0.4, 0.5) is 0 Å². The maximum Gasteiger partial charge on any atom is 0.263 e. The van der Waals surface area contributed by atoms with E-state index in [0.29, 0.717) is 5.92 Å². The number of rotatable bonds is 5. The monoisotopic (exact) mass is 290 g/mol. The van der Waals surface area contributed by atoms with Crippen LogP contribution in [0.15, 0.2) is 6.20 Å². The van der Waals surface area contributed by atoms with Gasteiger partial charge in [-0.2, -0.15) is 0 Å². The lowest BCUT2D eigenvalue weighted by molar-refractivity contribution is 0.0953. The molecule has 1 heterocycles. The van der Waals surface area contributed by atoms with Crippen LogP contribution in [0.3, 0.4) is 0 Å².